The average molecular weight is 540 g/mol. The van der Waals surface area contributed by atoms with Gasteiger partial charge in [-0.15, -0.1) is 24.0 Å². The molecular weight excluding hydrogens is 507 g/mol. The Kier molecular flexibility index (Phi) is 8.72. The van der Waals surface area contributed by atoms with E-state index in [4.69, 9.17) is 10.5 Å². The van der Waals surface area contributed by atoms with E-state index in [0.29, 0.717) is 38.7 Å². The highest BCUT2D eigenvalue weighted by Crippen LogP contribution is 2.13. The fourth-order valence-electron chi connectivity index (χ4n) is 3.31. The molecule has 0 unspecified atom stereocenters. The summed E-state index contributed by atoms with van der Waals surface area (Å²) in [5.74, 6) is 1.50. The summed E-state index contributed by atoms with van der Waals surface area (Å²) in [6.45, 7) is 11.4. The number of benzene rings is 1. The molecule has 1 aromatic heterocycles. The molecule has 0 aliphatic carbocycles. The molecule has 0 saturated carbocycles. The van der Waals surface area contributed by atoms with Crippen molar-refractivity contribution >= 4 is 36.0 Å². The van der Waals surface area contributed by atoms with Crippen molar-refractivity contribution in [2.24, 2.45) is 10.7 Å². The number of halogens is 1. The molecule has 1 amide bonds. The van der Waals surface area contributed by atoms with Gasteiger partial charge in [-0.25, -0.2) is 14.8 Å². The van der Waals surface area contributed by atoms with Crippen LogP contribution in [0.2, 0.25) is 0 Å². The average Bonchev–Trinajstić information content (AvgIpc) is 3.10. The number of amides is 1. The van der Waals surface area contributed by atoms with Gasteiger partial charge in [-0.2, -0.15) is 0 Å². The molecule has 1 aromatic carbocycles. The zero-order chi connectivity index (χ0) is 21.7. The van der Waals surface area contributed by atoms with Gasteiger partial charge in [0, 0.05) is 45.1 Å². The predicted molar refractivity (Wildman–Crippen MR) is 133 cm³/mol. The first-order valence-corrected chi connectivity index (χ1v) is 10.3. The molecule has 170 valence electrons. The highest BCUT2D eigenvalue weighted by Gasteiger charge is 2.26. The van der Waals surface area contributed by atoms with Gasteiger partial charge in [-0.05, 0) is 38.8 Å². The van der Waals surface area contributed by atoms with E-state index in [1.165, 1.54) is 5.56 Å². The zero-order valence-corrected chi connectivity index (χ0v) is 21.1. The molecule has 1 aliphatic heterocycles. The summed E-state index contributed by atoms with van der Waals surface area (Å²) in [6, 6.07) is 8.35. The number of hydrogen-bond donors (Lipinski definition) is 1. The monoisotopic (exact) mass is 540 g/mol. The van der Waals surface area contributed by atoms with Crippen LogP contribution in [0.15, 0.2) is 41.7 Å². The molecule has 1 saturated heterocycles. The van der Waals surface area contributed by atoms with E-state index >= 15 is 0 Å². The maximum atomic E-state index is 12.2. The van der Waals surface area contributed by atoms with Crippen molar-refractivity contribution in [3.05, 3.63) is 53.6 Å². The Morgan fingerprint density at radius 2 is 1.81 bits per heavy atom. The number of hydrogen-bond acceptors (Lipinski definition) is 4. The molecule has 1 fully saturated rings. The number of imidazole rings is 1. The summed E-state index contributed by atoms with van der Waals surface area (Å²) in [6.07, 6.45) is 3.52. The van der Waals surface area contributed by atoms with Crippen LogP contribution < -0.4 is 5.73 Å². The number of guanidine groups is 1. The maximum Gasteiger partial charge on any atom is 0.410 e. The van der Waals surface area contributed by atoms with Crippen molar-refractivity contribution in [3.63, 3.8) is 0 Å². The van der Waals surface area contributed by atoms with E-state index < -0.39 is 5.60 Å². The van der Waals surface area contributed by atoms with Gasteiger partial charge in [0.05, 0.1) is 6.54 Å². The highest BCUT2D eigenvalue weighted by atomic mass is 127. The van der Waals surface area contributed by atoms with E-state index in [2.05, 4.69) is 32.7 Å². The Balaban J connectivity index is 0.00000341. The molecule has 8 nitrogen and oxygen atoms in total. The summed E-state index contributed by atoms with van der Waals surface area (Å²) in [5.41, 5.74) is 8.04. The van der Waals surface area contributed by atoms with Crippen LogP contribution >= 0.6 is 24.0 Å². The number of nitrogens with two attached hydrogens (primary N) is 1. The second kappa shape index (κ2) is 10.8. The van der Waals surface area contributed by atoms with Crippen molar-refractivity contribution in [3.8, 4) is 0 Å². The number of rotatable bonds is 4. The lowest BCUT2D eigenvalue weighted by molar-refractivity contribution is 0.0186. The van der Waals surface area contributed by atoms with Crippen LogP contribution in [0, 0.1) is 6.92 Å². The van der Waals surface area contributed by atoms with Crippen LogP contribution in [-0.4, -0.2) is 63.2 Å². The van der Waals surface area contributed by atoms with E-state index in [0.717, 1.165) is 17.9 Å². The zero-order valence-electron chi connectivity index (χ0n) is 18.7. The number of aromatic nitrogens is 2. The van der Waals surface area contributed by atoms with E-state index in [1.54, 1.807) is 4.90 Å². The molecule has 9 heteroatoms. The lowest BCUT2D eigenvalue weighted by Crippen LogP contribution is -2.53. The minimum Gasteiger partial charge on any atom is -0.444 e. The minimum absolute atomic E-state index is 0. The molecule has 31 heavy (non-hydrogen) atoms. The van der Waals surface area contributed by atoms with Crippen LogP contribution in [0.3, 0.4) is 0 Å². The van der Waals surface area contributed by atoms with Crippen molar-refractivity contribution in [2.45, 2.75) is 46.4 Å². The first-order valence-electron chi connectivity index (χ1n) is 10.3. The molecular formula is C22H33IN6O2. The van der Waals surface area contributed by atoms with Crippen molar-refractivity contribution in [2.75, 3.05) is 26.2 Å². The van der Waals surface area contributed by atoms with Crippen molar-refractivity contribution < 1.29 is 9.53 Å². The fourth-order valence-corrected chi connectivity index (χ4v) is 3.31. The summed E-state index contributed by atoms with van der Waals surface area (Å²) in [5, 5.41) is 0. The fraction of sp³-hybridized carbons (Fsp3) is 0.500. The van der Waals surface area contributed by atoms with Gasteiger partial charge >= 0.3 is 6.09 Å². The Morgan fingerprint density at radius 1 is 1.16 bits per heavy atom. The number of aliphatic imine (C=N–C) groups is 1. The third-order valence-electron chi connectivity index (χ3n) is 4.95. The molecule has 2 heterocycles. The normalized spacial score (nSPS) is 14.9. The summed E-state index contributed by atoms with van der Waals surface area (Å²) in [7, 11) is 0. The molecule has 1 aliphatic rings. The summed E-state index contributed by atoms with van der Waals surface area (Å²) >= 11 is 0. The topological polar surface area (TPSA) is 89.0 Å². The molecule has 2 N–H and O–H groups in total. The summed E-state index contributed by atoms with van der Waals surface area (Å²) in [4.78, 5) is 24.8. The molecule has 3 rings (SSSR count). The van der Waals surface area contributed by atoms with Crippen molar-refractivity contribution in [1.82, 2.24) is 19.4 Å². The van der Waals surface area contributed by atoms with E-state index in [-0.39, 0.29) is 30.1 Å². The van der Waals surface area contributed by atoms with Gasteiger partial charge in [0.25, 0.3) is 0 Å². The number of ether oxygens (including phenoxy) is 1. The van der Waals surface area contributed by atoms with Gasteiger partial charge in [-0.3, -0.25) is 0 Å². The van der Waals surface area contributed by atoms with Crippen LogP contribution in [0.5, 0.6) is 0 Å². The number of carbonyl (C=O) groups excluding carboxylic acids is 1. The predicted octanol–water partition coefficient (Wildman–Crippen LogP) is 3.23. The first-order chi connectivity index (χ1) is 14.2. The molecule has 0 atom stereocenters. The summed E-state index contributed by atoms with van der Waals surface area (Å²) < 4.78 is 7.55. The largest absolute Gasteiger partial charge is 0.444 e. The molecule has 0 spiro atoms. The number of carbonyl (C=O) groups is 1. The number of nitrogens with zero attached hydrogens (tertiary/aromatic N) is 5. The van der Waals surface area contributed by atoms with E-state index in [9.17, 15) is 4.79 Å². The molecule has 0 radical (unpaired) electrons. The smallest absolute Gasteiger partial charge is 0.410 e. The van der Waals surface area contributed by atoms with Crippen LogP contribution in [0.25, 0.3) is 0 Å². The van der Waals surface area contributed by atoms with Crippen LogP contribution in [-0.2, 0) is 17.8 Å². The van der Waals surface area contributed by atoms with Crippen molar-refractivity contribution in [1.29, 1.82) is 0 Å². The Labute approximate surface area is 201 Å². The quantitative estimate of drug-likeness (QED) is 0.366. The van der Waals surface area contributed by atoms with Gasteiger partial charge in [-0.1, -0.05) is 24.3 Å². The third kappa shape index (κ3) is 7.41. The minimum atomic E-state index is -0.486. The SMILES string of the molecule is Cc1nccn1Cc1cccc(CN=C(N)N2CCN(C(=O)OC(C)(C)C)CC2)c1.I. The Bertz CT molecular complexity index is 897. The standard InChI is InChI=1S/C22H32N6O2.HI/c1-17-24-8-9-28(17)16-19-7-5-6-18(14-19)15-25-20(23)26-10-12-27(13-11-26)21(29)30-22(2,3)4;/h5-9,14H,10-13,15-16H2,1-4H3,(H2,23,25);1H. The van der Waals surface area contributed by atoms with Gasteiger partial charge < -0.3 is 24.8 Å². The highest BCUT2D eigenvalue weighted by molar-refractivity contribution is 14.0. The van der Waals surface area contributed by atoms with Crippen LogP contribution in [0.4, 0.5) is 4.79 Å². The van der Waals surface area contributed by atoms with Gasteiger partial charge in [0.15, 0.2) is 5.96 Å². The second-order valence-electron chi connectivity index (χ2n) is 8.55. The lowest BCUT2D eigenvalue weighted by atomic mass is 10.1. The maximum absolute atomic E-state index is 12.2. The lowest BCUT2D eigenvalue weighted by Gasteiger charge is -2.36. The Hall–Kier alpha value is -2.30. The molecule has 2 aromatic rings. The first kappa shape index (κ1) is 25.0. The second-order valence-corrected chi connectivity index (χ2v) is 8.55. The van der Waals surface area contributed by atoms with Gasteiger partial charge in [0.2, 0.25) is 0 Å². The number of piperazine rings is 1. The molecule has 0 bridgehead atoms. The third-order valence-corrected chi connectivity index (χ3v) is 4.95. The Morgan fingerprint density at radius 3 is 2.42 bits per heavy atom. The van der Waals surface area contributed by atoms with E-state index in [1.807, 2.05) is 51.1 Å². The number of aryl methyl sites for hydroxylation is 1. The van der Waals surface area contributed by atoms with Crippen LogP contribution in [0.1, 0.15) is 37.7 Å². The van der Waals surface area contributed by atoms with Gasteiger partial charge in [0.1, 0.15) is 11.4 Å².